The normalized spacial score (nSPS) is 14.8. The van der Waals surface area contributed by atoms with E-state index in [1.165, 1.54) is 5.69 Å². The lowest BCUT2D eigenvalue weighted by Gasteiger charge is -2.12. The van der Waals surface area contributed by atoms with E-state index in [0.717, 1.165) is 30.8 Å². The largest absolute Gasteiger partial charge is 0.309 e. The van der Waals surface area contributed by atoms with E-state index in [1.807, 2.05) is 11.7 Å². The Morgan fingerprint density at radius 3 is 2.82 bits per heavy atom. The Balaban J connectivity index is 2.38. The number of nitrogens with one attached hydrogen (secondary N) is 1. The maximum atomic E-state index is 11.0. The first kappa shape index (κ1) is 14.4. The van der Waals surface area contributed by atoms with Crippen molar-refractivity contribution in [3.05, 3.63) is 17.5 Å². The molecule has 0 aliphatic rings. The fourth-order valence-corrected chi connectivity index (χ4v) is 2.32. The Hall–Kier alpha value is -0.680. The van der Waals surface area contributed by atoms with Crippen LogP contribution in [0.2, 0.25) is 0 Å². The second kappa shape index (κ2) is 6.91. The molecule has 2 atom stereocenters. The van der Waals surface area contributed by atoms with Crippen LogP contribution in [0.3, 0.4) is 0 Å². The van der Waals surface area contributed by atoms with Crippen molar-refractivity contribution in [2.45, 2.75) is 39.3 Å². The third kappa shape index (κ3) is 5.00. The first-order valence-corrected chi connectivity index (χ1v) is 7.80. The van der Waals surface area contributed by atoms with E-state index in [1.54, 1.807) is 6.26 Å². The number of rotatable bonds is 7. The Bertz CT molecular complexity index is 376. The molecule has 0 fully saturated rings. The highest BCUT2D eigenvalue weighted by molar-refractivity contribution is 7.84. The first-order valence-electron chi connectivity index (χ1n) is 6.08. The van der Waals surface area contributed by atoms with Gasteiger partial charge in [-0.3, -0.25) is 8.89 Å². The highest BCUT2D eigenvalue weighted by Crippen LogP contribution is 2.04. The molecule has 4 nitrogen and oxygen atoms in total. The van der Waals surface area contributed by atoms with E-state index in [2.05, 4.69) is 30.3 Å². The zero-order chi connectivity index (χ0) is 12.8. The summed E-state index contributed by atoms with van der Waals surface area (Å²) in [7, 11) is 1.28. The van der Waals surface area contributed by atoms with Crippen LogP contribution in [0.15, 0.2) is 6.07 Å². The van der Waals surface area contributed by atoms with Crippen LogP contribution < -0.4 is 5.32 Å². The quantitative estimate of drug-likeness (QED) is 0.799. The molecule has 0 aromatic carbocycles. The Kier molecular flexibility index (Phi) is 5.85. The van der Waals surface area contributed by atoms with Crippen LogP contribution in [0.25, 0.3) is 0 Å². The minimum absolute atomic E-state index is 0.388. The Labute approximate surface area is 106 Å². The van der Waals surface area contributed by atoms with Crippen LogP contribution >= 0.6 is 0 Å². The Morgan fingerprint density at radius 2 is 2.29 bits per heavy atom. The lowest BCUT2D eigenvalue weighted by molar-refractivity contribution is 0.517. The molecular formula is C12H23N3OS. The third-order valence-corrected chi connectivity index (χ3v) is 3.67. The highest BCUT2D eigenvalue weighted by atomic mass is 32.2. The molecule has 17 heavy (non-hydrogen) atoms. The predicted octanol–water partition coefficient (Wildman–Crippen LogP) is 1.23. The van der Waals surface area contributed by atoms with Crippen molar-refractivity contribution in [2.75, 3.05) is 12.0 Å². The molecule has 0 aliphatic heterocycles. The molecule has 0 saturated carbocycles. The Morgan fingerprint density at radius 1 is 1.59 bits per heavy atom. The molecule has 5 heteroatoms. The molecule has 0 radical (unpaired) electrons. The number of aromatic nitrogens is 2. The van der Waals surface area contributed by atoms with Gasteiger partial charge in [0.15, 0.2) is 0 Å². The second-order valence-electron chi connectivity index (χ2n) is 4.45. The van der Waals surface area contributed by atoms with Gasteiger partial charge in [-0.05, 0) is 25.8 Å². The molecule has 0 saturated heterocycles. The summed E-state index contributed by atoms with van der Waals surface area (Å²) < 4.78 is 12.9. The summed E-state index contributed by atoms with van der Waals surface area (Å²) in [6.07, 6.45) is 3.67. The van der Waals surface area contributed by atoms with Gasteiger partial charge in [0.05, 0.1) is 11.4 Å². The standard InChI is InChI=1S/C12H23N3OS/c1-5-11-8-12(15(3)14-11)9-13-10(2)6-7-17(4)16/h8,10,13H,5-7,9H2,1-4H3. The lowest BCUT2D eigenvalue weighted by atomic mass is 10.2. The van der Waals surface area contributed by atoms with Crippen molar-refractivity contribution in [3.63, 3.8) is 0 Å². The molecule has 98 valence electrons. The van der Waals surface area contributed by atoms with E-state index < -0.39 is 10.8 Å². The molecule has 0 bridgehead atoms. The van der Waals surface area contributed by atoms with Gasteiger partial charge in [-0.15, -0.1) is 0 Å². The van der Waals surface area contributed by atoms with Crippen molar-refractivity contribution < 1.29 is 4.21 Å². The van der Waals surface area contributed by atoms with Gasteiger partial charge in [0.1, 0.15) is 0 Å². The summed E-state index contributed by atoms with van der Waals surface area (Å²) >= 11 is 0. The summed E-state index contributed by atoms with van der Waals surface area (Å²) in [5.74, 6) is 0.764. The number of nitrogens with zero attached hydrogens (tertiary/aromatic N) is 2. The lowest BCUT2D eigenvalue weighted by Crippen LogP contribution is -2.27. The molecule has 1 N–H and O–H groups in total. The summed E-state index contributed by atoms with van der Waals surface area (Å²) in [6.45, 7) is 5.06. The van der Waals surface area contributed by atoms with Gasteiger partial charge in [0, 0.05) is 42.4 Å². The van der Waals surface area contributed by atoms with E-state index in [9.17, 15) is 4.21 Å². The highest BCUT2D eigenvalue weighted by Gasteiger charge is 2.06. The van der Waals surface area contributed by atoms with Gasteiger partial charge < -0.3 is 5.32 Å². The molecule has 2 unspecified atom stereocenters. The minimum atomic E-state index is -0.693. The molecule has 1 aromatic rings. The maximum absolute atomic E-state index is 11.0. The molecule has 1 rings (SSSR count). The number of aryl methyl sites for hydroxylation is 2. The smallest absolute Gasteiger partial charge is 0.0625 e. The topological polar surface area (TPSA) is 46.9 Å². The monoisotopic (exact) mass is 257 g/mol. The summed E-state index contributed by atoms with van der Waals surface area (Å²) in [5, 5.41) is 7.85. The van der Waals surface area contributed by atoms with Crippen LogP contribution in [-0.4, -0.2) is 32.0 Å². The van der Waals surface area contributed by atoms with Crippen molar-refractivity contribution in [1.29, 1.82) is 0 Å². The van der Waals surface area contributed by atoms with Crippen molar-refractivity contribution in [1.82, 2.24) is 15.1 Å². The van der Waals surface area contributed by atoms with Crippen molar-refractivity contribution >= 4 is 10.8 Å². The third-order valence-electron chi connectivity index (χ3n) is 2.86. The molecule has 0 aliphatic carbocycles. The predicted molar refractivity (Wildman–Crippen MR) is 72.4 cm³/mol. The zero-order valence-corrected chi connectivity index (χ0v) is 12.0. The fraction of sp³-hybridized carbons (Fsp3) is 0.750. The SMILES string of the molecule is CCc1cc(CNC(C)CCS(C)=O)n(C)n1. The van der Waals surface area contributed by atoms with E-state index in [4.69, 9.17) is 0 Å². The minimum Gasteiger partial charge on any atom is -0.309 e. The van der Waals surface area contributed by atoms with E-state index in [0.29, 0.717) is 6.04 Å². The van der Waals surface area contributed by atoms with Crippen molar-refractivity contribution in [2.24, 2.45) is 7.05 Å². The van der Waals surface area contributed by atoms with Gasteiger partial charge in [-0.1, -0.05) is 6.92 Å². The summed E-state index contributed by atoms with van der Waals surface area (Å²) in [6, 6.07) is 2.52. The van der Waals surface area contributed by atoms with Gasteiger partial charge in [0.25, 0.3) is 0 Å². The van der Waals surface area contributed by atoms with E-state index >= 15 is 0 Å². The van der Waals surface area contributed by atoms with Crippen LogP contribution in [0, 0.1) is 0 Å². The van der Waals surface area contributed by atoms with Gasteiger partial charge in [0.2, 0.25) is 0 Å². The van der Waals surface area contributed by atoms with Crippen LogP contribution in [-0.2, 0) is 30.8 Å². The molecule has 1 aromatic heterocycles. The van der Waals surface area contributed by atoms with Crippen molar-refractivity contribution in [3.8, 4) is 0 Å². The van der Waals surface area contributed by atoms with Gasteiger partial charge in [-0.2, -0.15) is 5.10 Å². The molecule has 1 heterocycles. The van der Waals surface area contributed by atoms with Crippen LogP contribution in [0.4, 0.5) is 0 Å². The fourth-order valence-electron chi connectivity index (χ4n) is 1.63. The summed E-state index contributed by atoms with van der Waals surface area (Å²) in [5.41, 5.74) is 2.33. The molecule has 0 spiro atoms. The van der Waals surface area contributed by atoms with Crippen LogP contribution in [0.5, 0.6) is 0 Å². The molecular weight excluding hydrogens is 234 g/mol. The van der Waals surface area contributed by atoms with Crippen LogP contribution in [0.1, 0.15) is 31.7 Å². The summed E-state index contributed by atoms with van der Waals surface area (Å²) in [4.78, 5) is 0. The second-order valence-corrected chi connectivity index (χ2v) is 6.01. The van der Waals surface area contributed by atoms with E-state index in [-0.39, 0.29) is 0 Å². The average molecular weight is 257 g/mol. The van der Waals surface area contributed by atoms with Gasteiger partial charge in [-0.25, -0.2) is 0 Å². The zero-order valence-electron chi connectivity index (χ0n) is 11.2. The number of hydrogen-bond acceptors (Lipinski definition) is 3. The van der Waals surface area contributed by atoms with Gasteiger partial charge >= 0.3 is 0 Å². The molecule has 0 amide bonds. The first-order chi connectivity index (χ1) is 8.02. The number of hydrogen-bond donors (Lipinski definition) is 1. The average Bonchev–Trinajstić information content (AvgIpc) is 2.64. The maximum Gasteiger partial charge on any atom is 0.0625 e.